The summed E-state index contributed by atoms with van der Waals surface area (Å²) >= 11 is 0. The summed E-state index contributed by atoms with van der Waals surface area (Å²) < 4.78 is 1.10. The molecule has 2 bridgehead atoms. The van der Waals surface area contributed by atoms with Gasteiger partial charge >= 0.3 is 0 Å². The van der Waals surface area contributed by atoms with Crippen LogP contribution in [-0.2, 0) is 0 Å². The summed E-state index contributed by atoms with van der Waals surface area (Å²) in [7, 11) is 0. The van der Waals surface area contributed by atoms with Gasteiger partial charge in [0, 0.05) is 18.8 Å². The molecule has 104 valence electrons. The Balaban J connectivity index is 0.00000133. The van der Waals surface area contributed by atoms with Crippen LogP contribution in [0.1, 0.15) is 18.4 Å². The number of nitrogens with zero attached hydrogens (tertiary/aromatic N) is 1. The van der Waals surface area contributed by atoms with Crippen LogP contribution < -0.4 is 17.0 Å². The molecule has 0 aliphatic carbocycles. The normalized spacial score (nSPS) is 33.3. The summed E-state index contributed by atoms with van der Waals surface area (Å²) in [4.78, 5) is 0. The largest absolute Gasteiger partial charge is 1.00 e. The summed E-state index contributed by atoms with van der Waals surface area (Å²) in [6.07, 6.45) is 6.85. The van der Waals surface area contributed by atoms with E-state index in [9.17, 15) is 5.11 Å². The van der Waals surface area contributed by atoms with Gasteiger partial charge in [-0.25, -0.2) is 0 Å². The highest BCUT2D eigenvalue weighted by Gasteiger charge is 2.44. The number of fused-ring (bicyclic) bond motifs is 3. The lowest BCUT2D eigenvalue weighted by Crippen LogP contribution is -3.00. The zero-order valence-electron chi connectivity index (χ0n) is 11.2. The molecule has 3 aliphatic rings. The Morgan fingerprint density at radius 1 is 1.16 bits per heavy atom. The number of rotatable bonds is 3. The fraction of sp³-hybridized carbons (Fsp3) is 0.500. The minimum Gasteiger partial charge on any atom is -1.00 e. The van der Waals surface area contributed by atoms with E-state index in [0.29, 0.717) is 5.92 Å². The van der Waals surface area contributed by atoms with Crippen LogP contribution in [0.5, 0.6) is 0 Å². The Morgan fingerprint density at radius 3 is 2.47 bits per heavy atom. The van der Waals surface area contributed by atoms with Crippen molar-refractivity contribution < 1.29 is 26.6 Å². The molecule has 3 fully saturated rings. The molecule has 4 rings (SSSR count). The molecule has 0 radical (unpaired) electrons. The first-order chi connectivity index (χ1) is 8.77. The van der Waals surface area contributed by atoms with E-state index in [1.54, 1.807) is 0 Å². The van der Waals surface area contributed by atoms with E-state index in [1.165, 1.54) is 31.5 Å². The summed E-state index contributed by atoms with van der Waals surface area (Å²) in [5.74, 6) is 0.586. The first-order valence-corrected chi connectivity index (χ1v) is 7.02. The molecule has 0 spiro atoms. The van der Waals surface area contributed by atoms with Crippen molar-refractivity contribution in [2.75, 3.05) is 26.2 Å². The topological polar surface area (TPSA) is 20.2 Å². The van der Waals surface area contributed by atoms with Crippen molar-refractivity contribution in [3.05, 3.63) is 42.0 Å². The second kappa shape index (κ2) is 6.21. The molecule has 3 saturated heterocycles. The van der Waals surface area contributed by atoms with Crippen LogP contribution in [0.25, 0.3) is 6.08 Å². The maximum absolute atomic E-state index is 10.0. The zero-order chi connectivity index (χ0) is 12.4. The van der Waals surface area contributed by atoms with Crippen LogP contribution in [0.4, 0.5) is 0 Å². The Kier molecular flexibility index (Phi) is 4.82. The fourth-order valence-electron chi connectivity index (χ4n) is 3.48. The number of aliphatic hydroxyl groups is 1. The number of benzene rings is 1. The van der Waals surface area contributed by atoms with E-state index in [-0.39, 0.29) is 23.1 Å². The lowest BCUT2D eigenvalue weighted by atomic mass is 9.83. The third kappa shape index (κ3) is 3.28. The molecule has 3 heteroatoms. The SMILES string of the molecule is O[C@H]1C[N+]2(C/C=C/c3ccccc3)CCC1CC2.[Br-]. The van der Waals surface area contributed by atoms with Crippen molar-refractivity contribution in [3.63, 3.8) is 0 Å². The highest BCUT2D eigenvalue weighted by Crippen LogP contribution is 2.33. The molecule has 0 amide bonds. The number of piperidine rings is 3. The molecule has 1 aromatic rings. The third-order valence-corrected chi connectivity index (χ3v) is 4.67. The summed E-state index contributed by atoms with van der Waals surface area (Å²) in [5.41, 5.74) is 1.27. The van der Waals surface area contributed by atoms with Gasteiger partial charge in [-0.15, -0.1) is 0 Å². The van der Waals surface area contributed by atoms with Crippen molar-refractivity contribution >= 4 is 6.08 Å². The average Bonchev–Trinajstić information content (AvgIpc) is 2.41. The molecule has 2 nitrogen and oxygen atoms in total. The van der Waals surface area contributed by atoms with Crippen LogP contribution in [0.3, 0.4) is 0 Å². The summed E-state index contributed by atoms with van der Waals surface area (Å²) in [6.45, 7) is 4.53. The lowest BCUT2D eigenvalue weighted by molar-refractivity contribution is -0.941. The van der Waals surface area contributed by atoms with E-state index in [1.807, 2.05) is 6.07 Å². The monoisotopic (exact) mass is 323 g/mol. The van der Waals surface area contributed by atoms with Gasteiger partial charge < -0.3 is 26.6 Å². The van der Waals surface area contributed by atoms with Gasteiger partial charge in [-0.2, -0.15) is 0 Å². The molecule has 0 aromatic heterocycles. The van der Waals surface area contributed by atoms with Crippen LogP contribution in [0.2, 0.25) is 0 Å². The Bertz CT molecular complexity index is 424. The van der Waals surface area contributed by atoms with Gasteiger partial charge in [0.05, 0.1) is 19.6 Å². The standard InChI is InChI=1S/C16H22NO.BrH/c18-16-13-17(11-8-15(16)9-12-17)10-4-7-14-5-2-1-3-6-14;/h1-7,15-16,18H,8-13H2;1H/q+1;/p-1/b7-4+;/t15?,16-,17?;/m0./s1. The number of hydrogen-bond donors (Lipinski definition) is 1. The number of aliphatic hydroxyl groups excluding tert-OH is 1. The third-order valence-electron chi connectivity index (χ3n) is 4.67. The Labute approximate surface area is 126 Å². The van der Waals surface area contributed by atoms with Crippen LogP contribution in [-0.4, -0.2) is 41.9 Å². The molecule has 0 unspecified atom stereocenters. The van der Waals surface area contributed by atoms with Crippen LogP contribution >= 0.6 is 0 Å². The van der Waals surface area contributed by atoms with E-state index >= 15 is 0 Å². The molecule has 0 saturated carbocycles. The van der Waals surface area contributed by atoms with Gasteiger partial charge in [0.25, 0.3) is 0 Å². The maximum atomic E-state index is 10.0. The molecular formula is C16H22BrNO. The minimum atomic E-state index is -0.0578. The predicted molar refractivity (Wildman–Crippen MR) is 73.9 cm³/mol. The fourth-order valence-corrected chi connectivity index (χ4v) is 3.48. The van der Waals surface area contributed by atoms with Gasteiger partial charge in [0.15, 0.2) is 0 Å². The highest BCUT2D eigenvalue weighted by atomic mass is 79.9. The molecule has 3 heterocycles. The van der Waals surface area contributed by atoms with Crippen molar-refractivity contribution in [1.29, 1.82) is 0 Å². The van der Waals surface area contributed by atoms with Crippen molar-refractivity contribution in [1.82, 2.24) is 0 Å². The summed E-state index contributed by atoms with van der Waals surface area (Å²) in [5, 5.41) is 10.0. The van der Waals surface area contributed by atoms with E-state index in [4.69, 9.17) is 0 Å². The van der Waals surface area contributed by atoms with E-state index in [2.05, 4.69) is 36.4 Å². The lowest BCUT2D eigenvalue weighted by Gasteiger charge is -2.50. The number of quaternary nitrogens is 1. The van der Waals surface area contributed by atoms with Crippen molar-refractivity contribution in [2.45, 2.75) is 18.9 Å². The number of hydrogen-bond acceptors (Lipinski definition) is 1. The minimum absolute atomic E-state index is 0. The van der Waals surface area contributed by atoms with Gasteiger partial charge in [-0.05, 0) is 11.6 Å². The van der Waals surface area contributed by atoms with Gasteiger partial charge in [-0.3, -0.25) is 0 Å². The van der Waals surface area contributed by atoms with E-state index < -0.39 is 0 Å². The molecule has 1 aromatic carbocycles. The summed E-state index contributed by atoms with van der Waals surface area (Å²) in [6, 6.07) is 10.5. The molecule has 1 atom stereocenters. The maximum Gasteiger partial charge on any atom is 0.106 e. The molecular weight excluding hydrogens is 302 g/mol. The molecule has 3 aliphatic heterocycles. The van der Waals surface area contributed by atoms with Crippen molar-refractivity contribution in [3.8, 4) is 0 Å². The first-order valence-electron chi connectivity index (χ1n) is 7.02. The molecule has 19 heavy (non-hydrogen) atoms. The van der Waals surface area contributed by atoms with Gasteiger partial charge in [-0.1, -0.05) is 36.4 Å². The number of halogens is 1. The predicted octanol–water partition coefficient (Wildman–Crippen LogP) is -0.695. The first kappa shape index (κ1) is 14.8. The quantitative estimate of drug-likeness (QED) is 0.730. The zero-order valence-corrected chi connectivity index (χ0v) is 12.8. The Hall–Kier alpha value is -0.640. The molecule has 1 N–H and O–H groups in total. The smallest absolute Gasteiger partial charge is 0.106 e. The van der Waals surface area contributed by atoms with Gasteiger partial charge in [0.1, 0.15) is 12.6 Å². The van der Waals surface area contributed by atoms with Crippen LogP contribution in [0.15, 0.2) is 36.4 Å². The Morgan fingerprint density at radius 2 is 1.84 bits per heavy atom. The highest BCUT2D eigenvalue weighted by molar-refractivity contribution is 5.48. The van der Waals surface area contributed by atoms with Gasteiger partial charge in [0.2, 0.25) is 0 Å². The second-order valence-electron chi connectivity index (χ2n) is 5.87. The van der Waals surface area contributed by atoms with Crippen molar-refractivity contribution in [2.24, 2.45) is 5.92 Å². The van der Waals surface area contributed by atoms with E-state index in [0.717, 1.165) is 17.6 Å². The second-order valence-corrected chi connectivity index (χ2v) is 5.87. The van der Waals surface area contributed by atoms with Crippen LogP contribution in [0, 0.1) is 5.92 Å². The average molecular weight is 324 g/mol.